The average molecular weight is 777 g/mol. The van der Waals surface area contributed by atoms with E-state index in [1.54, 1.807) is 0 Å². The van der Waals surface area contributed by atoms with Crippen LogP contribution in [0.15, 0.2) is 54.6 Å². The van der Waals surface area contributed by atoms with Gasteiger partial charge in [0, 0.05) is 5.19 Å². The van der Waals surface area contributed by atoms with E-state index in [0.29, 0.717) is 24.4 Å². The Morgan fingerprint density at radius 2 is 0.942 bits per heavy atom. The average Bonchev–Trinajstić information content (AvgIpc) is 4.01. The molecule has 8 rings (SSSR count). The van der Waals surface area contributed by atoms with Crippen molar-refractivity contribution < 1.29 is 21.8 Å². The Kier molecular flexibility index (Phi) is 11.1. The summed E-state index contributed by atoms with van der Waals surface area (Å²) in [5, 5.41) is 1.19. The second-order valence-electron chi connectivity index (χ2n) is 19.9. The van der Waals surface area contributed by atoms with Crippen LogP contribution in [-0.2, 0) is 21.8 Å². The molecule has 2 aliphatic heterocycles. The molecule has 52 heavy (non-hydrogen) atoms. The minimum atomic E-state index is -3.34. The fraction of sp³-hybridized carbons (Fsp3) is 0.721. The van der Waals surface area contributed by atoms with E-state index in [9.17, 15) is 0 Å². The molecule has 4 aliphatic carbocycles. The second-order valence-corrected chi connectivity index (χ2v) is 36.1. The van der Waals surface area contributed by atoms with Gasteiger partial charge in [0.15, 0.2) is 25.0 Å². The molecule has 0 N–H and O–H groups in total. The van der Waals surface area contributed by atoms with Crippen molar-refractivity contribution in [2.45, 2.75) is 165 Å². The Labute approximate surface area is 320 Å². The van der Waals surface area contributed by atoms with Crippen LogP contribution < -0.4 is 5.19 Å². The predicted octanol–water partition coefficient (Wildman–Crippen LogP) is 10.9. The normalized spacial score (nSPS) is 33.7. The van der Waals surface area contributed by atoms with Gasteiger partial charge in [0.2, 0.25) is 0 Å². The summed E-state index contributed by atoms with van der Waals surface area (Å²) >= 11 is 0. The summed E-state index contributed by atoms with van der Waals surface area (Å²) in [5.74, 6) is 4.46. The van der Waals surface area contributed by atoms with Gasteiger partial charge in [0.1, 0.15) is 0 Å². The van der Waals surface area contributed by atoms with Crippen molar-refractivity contribution in [1.82, 2.24) is 0 Å². The molecule has 2 saturated heterocycles. The molecule has 286 valence electrons. The van der Waals surface area contributed by atoms with Gasteiger partial charge < -0.3 is 21.8 Å². The summed E-state index contributed by atoms with van der Waals surface area (Å²) in [6.45, 7) is 14.8. The van der Waals surface area contributed by atoms with Crippen molar-refractivity contribution >= 4 is 38.9 Å². The van der Waals surface area contributed by atoms with Crippen molar-refractivity contribution in [2.24, 2.45) is 29.6 Å². The van der Waals surface area contributed by atoms with Crippen LogP contribution in [0.3, 0.4) is 0 Å². The van der Waals surface area contributed by atoms with Crippen LogP contribution in [0.1, 0.15) is 83.5 Å². The molecule has 0 aromatic heterocycles. The minimum absolute atomic E-state index is 0.530. The smallest absolute Gasteiger partial charge is 0.413 e. The first kappa shape index (κ1) is 38.0. The van der Waals surface area contributed by atoms with Gasteiger partial charge >= 0.3 is 8.80 Å². The molecule has 2 aromatic rings. The maximum absolute atomic E-state index is 7.85. The number of ether oxygens (including phenoxy) is 2. The maximum Gasteiger partial charge on any atom is 0.505 e. The molecule has 0 spiro atoms. The molecule has 0 bridgehead atoms. The van der Waals surface area contributed by atoms with E-state index in [-0.39, 0.29) is 0 Å². The van der Waals surface area contributed by atoms with Gasteiger partial charge in [-0.1, -0.05) is 80.3 Å². The van der Waals surface area contributed by atoms with Gasteiger partial charge in [-0.2, -0.15) is 0 Å². The zero-order valence-electron chi connectivity index (χ0n) is 33.2. The number of rotatable bonds is 17. The van der Waals surface area contributed by atoms with E-state index in [1.807, 2.05) is 0 Å². The van der Waals surface area contributed by atoms with Crippen molar-refractivity contribution in [3.05, 3.63) is 54.6 Å². The van der Waals surface area contributed by atoms with Crippen molar-refractivity contribution in [2.75, 3.05) is 0 Å². The Bertz CT molecular complexity index is 1390. The third kappa shape index (κ3) is 9.72. The fourth-order valence-electron chi connectivity index (χ4n) is 10.3. The Morgan fingerprint density at radius 3 is 1.42 bits per heavy atom. The third-order valence-electron chi connectivity index (χ3n) is 13.9. The van der Waals surface area contributed by atoms with E-state index >= 15 is 0 Å². The van der Waals surface area contributed by atoms with E-state index < -0.39 is 33.8 Å². The molecule has 9 unspecified atom stereocenters. The Hall–Kier alpha value is -0.892. The summed E-state index contributed by atoms with van der Waals surface area (Å²) in [7, 11) is -9.95. The number of epoxide rings is 2. The lowest BCUT2D eigenvalue weighted by Gasteiger charge is -2.45. The van der Waals surface area contributed by atoms with Crippen LogP contribution in [-0.4, -0.2) is 58.2 Å². The SMILES string of the molecule is C[Si](C)(CCC1CCC2CC2C1)O[Si](O[Si](C)(C)CCC1CCC2OC2C1)(O[Si](C)(C)CCC1CCC2OC2C1)c1ccc(-c2ccccc2)cc1. The van der Waals surface area contributed by atoms with Crippen LogP contribution in [0, 0.1) is 29.6 Å². The van der Waals surface area contributed by atoms with E-state index in [2.05, 4.69) is 93.9 Å². The zero-order valence-corrected chi connectivity index (χ0v) is 37.2. The molecule has 4 saturated carbocycles. The van der Waals surface area contributed by atoms with Crippen LogP contribution in [0.2, 0.25) is 57.4 Å². The highest BCUT2D eigenvalue weighted by atomic mass is 28.5. The van der Waals surface area contributed by atoms with Gasteiger partial charge in [-0.05, 0) is 156 Å². The predicted molar refractivity (Wildman–Crippen MR) is 222 cm³/mol. The first-order chi connectivity index (χ1) is 24.8. The third-order valence-corrected chi connectivity index (χ3v) is 29.3. The summed E-state index contributed by atoms with van der Waals surface area (Å²) in [5.41, 5.74) is 2.49. The lowest BCUT2D eigenvalue weighted by molar-refractivity contribution is 0.260. The zero-order chi connectivity index (χ0) is 36.1. The summed E-state index contributed by atoms with van der Waals surface area (Å²) in [6, 6.07) is 23.5. The molecule has 0 radical (unpaired) electrons. The minimum Gasteiger partial charge on any atom is -0.413 e. The molecule has 2 aromatic carbocycles. The number of hydrogen-bond donors (Lipinski definition) is 0. The molecule has 6 fully saturated rings. The van der Waals surface area contributed by atoms with Gasteiger partial charge in [0.05, 0.1) is 24.4 Å². The topological polar surface area (TPSA) is 52.8 Å². The molecule has 9 atom stereocenters. The summed E-state index contributed by atoms with van der Waals surface area (Å²) in [6.07, 6.45) is 19.4. The summed E-state index contributed by atoms with van der Waals surface area (Å²) < 4.78 is 35.4. The van der Waals surface area contributed by atoms with Crippen molar-refractivity contribution in [3.63, 3.8) is 0 Å². The Balaban J connectivity index is 1.07. The van der Waals surface area contributed by atoms with Crippen molar-refractivity contribution in [1.29, 1.82) is 0 Å². The number of fused-ring (bicyclic) bond motifs is 3. The van der Waals surface area contributed by atoms with Crippen LogP contribution in [0.5, 0.6) is 0 Å². The van der Waals surface area contributed by atoms with Gasteiger partial charge in [-0.25, -0.2) is 0 Å². The first-order valence-corrected chi connectivity index (χ1v) is 32.5. The number of hydrogen-bond acceptors (Lipinski definition) is 5. The van der Waals surface area contributed by atoms with Crippen LogP contribution >= 0.6 is 0 Å². The van der Waals surface area contributed by atoms with E-state index in [1.165, 1.54) is 106 Å². The lowest BCUT2D eigenvalue weighted by atomic mass is 9.87. The maximum atomic E-state index is 7.85. The largest absolute Gasteiger partial charge is 0.505 e. The highest BCUT2D eigenvalue weighted by molar-refractivity contribution is 6.96. The van der Waals surface area contributed by atoms with Gasteiger partial charge in [0.25, 0.3) is 0 Å². The number of benzene rings is 2. The second kappa shape index (κ2) is 15.2. The highest BCUT2D eigenvalue weighted by Crippen LogP contribution is 2.52. The molecule has 2 heterocycles. The summed E-state index contributed by atoms with van der Waals surface area (Å²) in [4.78, 5) is 0. The van der Waals surface area contributed by atoms with E-state index in [4.69, 9.17) is 21.8 Å². The van der Waals surface area contributed by atoms with Crippen molar-refractivity contribution in [3.8, 4) is 11.1 Å². The van der Waals surface area contributed by atoms with E-state index in [0.717, 1.165) is 41.7 Å². The Morgan fingerprint density at radius 1 is 0.481 bits per heavy atom. The molecule has 0 amide bonds. The monoisotopic (exact) mass is 776 g/mol. The first-order valence-electron chi connectivity index (χ1n) is 21.4. The molecular formula is C43H68O5Si4. The molecule has 6 aliphatic rings. The molecular weight excluding hydrogens is 709 g/mol. The molecule has 9 heteroatoms. The standard InChI is InChI=1S/C43H68O5Si4/c1-49(2,25-22-32-12-15-37-31-38(37)28-32)46-52(39-18-16-36(17-19-39)35-10-8-7-9-11-35,47-50(3,4)26-23-33-13-20-40-42(29-33)44-40)48-51(5,6)27-24-34-14-21-41-43(30-34)45-41/h7-11,16-19,32-34,37-38,40-43H,12-15,20-31H2,1-6H3. The highest BCUT2D eigenvalue weighted by Gasteiger charge is 2.55. The van der Waals surface area contributed by atoms with Gasteiger partial charge in [-0.15, -0.1) is 0 Å². The molecule has 5 nitrogen and oxygen atoms in total. The van der Waals surface area contributed by atoms with Crippen LogP contribution in [0.4, 0.5) is 0 Å². The quantitative estimate of drug-likeness (QED) is 0.118. The fourth-order valence-corrected chi connectivity index (χ4v) is 27.2. The lowest BCUT2D eigenvalue weighted by Crippen LogP contribution is -2.68. The van der Waals surface area contributed by atoms with Crippen LogP contribution in [0.25, 0.3) is 11.1 Å². The van der Waals surface area contributed by atoms with Gasteiger partial charge in [-0.3, -0.25) is 0 Å².